The van der Waals surface area contributed by atoms with E-state index in [2.05, 4.69) is 15.3 Å². The van der Waals surface area contributed by atoms with E-state index in [9.17, 15) is 9.18 Å². The van der Waals surface area contributed by atoms with Crippen molar-refractivity contribution in [2.45, 2.75) is 6.42 Å². The molecular weight excluding hydrogens is 209 g/mol. The molecule has 0 amide bonds. The van der Waals surface area contributed by atoms with Crippen LogP contribution < -0.4 is 10.9 Å². The second kappa shape index (κ2) is 4.40. The van der Waals surface area contributed by atoms with E-state index >= 15 is 0 Å². The summed E-state index contributed by atoms with van der Waals surface area (Å²) in [5.74, 6) is 0.183. The molecule has 0 fully saturated rings. The minimum absolute atomic E-state index is 0.226. The average Bonchev–Trinajstić information content (AvgIpc) is 2.25. The summed E-state index contributed by atoms with van der Waals surface area (Å²) in [6.07, 6.45) is 0.609. The number of nitrogens with one attached hydrogen (secondary N) is 2. The Morgan fingerprint density at radius 3 is 3.06 bits per heavy atom. The van der Waals surface area contributed by atoms with Crippen LogP contribution in [0.2, 0.25) is 0 Å². The quantitative estimate of drug-likeness (QED) is 0.807. The number of hydrogen-bond donors (Lipinski definition) is 2. The fourth-order valence-electron chi connectivity index (χ4n) is 1.52. The Morgan fingerprint density at radius 1 is 1.50 bits per heavy atom. The third-order valence-electron chi connectivity index (χ3n) is 2.33. The van der Waals surface area contributed by atoms with Gasteiger partial charge in [0.2, 0.25) is 0 Å². The second-order valence-corrected chi connectivity index (χ2v) is 3.53. The van der Waals surface area contributed by atoms with Crippen LogP contribution in [0, 0.1) is 5.82 Å². The molecule has 5 heteroatoms. The van der Waals surface area contributed by atoms with Gasteiger partial charge in [-0.2, -0.15) is 0 Å². The van der Waals surface area contributed by atoms with Gasteiger partial charge in [-0.05, 0) is 19.2 Å². The van der Waals surface area contributed by atoms with Crippen molar-refractivity contribution in [3.8, 4) is 0 Å². The number of halogens is 1. The lowest BCUT2D eigenvalue weighted by Crippen LogP contribution is -2.17. The number of rotatable bonds is 3. The summed E-state index contributed by atoms with van der Waals surface area (Å²) in [6.45, 7) is 0.712. The van der Waals surface area contributed by atoms with Gasteiger partial charge in [0.25, 0.3) is 5.56 Å². The van der Waals surface area contributed by atoms with Crippen LogP contribution in [0.25, 0.3) is 10.9 Å². The number of aromatic amines is 1. The number of aromatic nitrogens is 2. The Labute approximate surface area is 91.5 Å². The molecule has 0 aliphatic heterocycles. The molecule has 2 rings (SSSR count). The van der Waals surface area contributed by atoms with Gasteiger partial charge in [-0.1, -0.05) is 0 Å². The molecule has 0 aliphatic carbocycles. The van der Waals surface area contributed by atoms with Crippen LogP contribution in [-0.4, -0.2) is 23.6 Å². The molecule has 0 unspecified atom stereocenters. The SMILES string of the molecule is CNCCc1nc2cc(F)ccc2c(=O)[nH]1. The average molecular weight is 221 g/mol. The normalized spacial score (nSPS) is 10.9. The van der Waals surface area contributed by atoms with Crippen molar-refractivity contribution in [1.82, 2.24) is 15.3 Å². The van der Waals surface area contributed by atoms with Crippen molar-refractivity contribution < 1.29 is 4.39 Å². The molecule has 0 bridgehead atoms. The minimum atomic E-state index is -0.384. The zero-order valence-electron chi connectivity index (χ0n) is 8.88. The van der Waals surface area contributed by atoms with Gasteiger partial charge in [-0.3, -0.25) is 4.79 Å². The molecule has 2 N–H and O–H groups in total. The van der Waals surface area contributed by atoms with E-state index in [0.717, 1.165) is 0 Å². The summed E-state index contributed by atoms with van der Waals surface area (Å²) in [5.41, 5.74) is 0.172. The molecule has 0 saturated heterocycles. The van der Waals surface area contributed by atoms with E-state index in [-0.39, 0.29) is 11.4 Å². The molecule has 0 atom stereocenters. The highest BCUT2D eigenvalue weighted by atomic mass is 19.1. The fraction of sp³-hybridized carbons (Fsp3) is 0.273. The van der Waals surface area contributed by atoms with Crippen LogP contribution in [0.15, 0.2) is 23.0 Å². The molecule has 2 aromatic rings. The predicted octanol–water partition coefficient (Wildman–Crippen LogP) is 0.824. The number of fused-ring (bicyclic) bond motifs is 1. The summed E-state index contributed by atoms with van der Waals surface area (Å²) < 4.78 is 13.0. The van der Waals surface area contributed by atoms with E-state index < -0.39 is 0 Å². The molecule has 1 aromatic heterocycles. The number of benzene rings is 1. The summed E-state index contributed by atoms with van der Waals surface area (Å²) >= 11 is 0. The van der Waals surface area contributed by atoms with Crippen molar-refractivity contribution in [3.63, 3.8) is 0 Å². The minimum Gasteiger partial charge on any atom is -0.319 e. The lowest BCUT2D eigenvalue weighted by atomic mass is 10.2. The van der Waals surface area contributed by atoms with Crippen LogP contribution in [-0.2, 0) is 6.42 Å². The topological polar surface area (TPSA) is 57.8 Å². The van der Waals surface area contributed by atoms with Gasteiger partial charge in [0.05, 0.1) is 10.9 Å². The molecule has 16 heavy (non-hydrogen) atoms. The second-order valence-electron chi connectivity index (χ2n) is 3.53. The first-order valence-electron chi connectivity index (χ1n) is 5.04. The largest absolute Gasteiger partial charge is 0.319 e. The first-order chi connectivity index (χ1) is 7.70. The predicted molar refractivity (Wildman–Crippen MR) is 60.0 cm³/mol. The van der Waals surface area contributed by atoms with Gasteiger partial charge >= 0.3 is 0 Å². The van der Waals surface area contributed by atoms with Crippen LogP contribution in [0.3, 0.4) is 0 Å². The van der Waals surface area contributed by atoms with Gasteiger partial charge in [-0.25, -0.2) is 9.37 Å². The van der Waals surface area contributed by atoms with Crippen LogP contribution in [0.4, 0.5) is 4.39 Å². The zero-order chi connectivity index (χ0) is 11.5. The third kappa shape index (κ3) is 2.09. The Kier molecular flexibility index (Phi) is 2.96. The standard InChI is InChI=1S/C11H12FN3O/c1-13-5-4-10-14-9-6-7(12)2-3-8(9)11(16)15-10/h2-3,6,13H,4-5H2,1H3,(H,14,15,16). The smallest absolute Gasteiger partial charge is 0.258 e. The van der Waals surface area contributed by atoms with Gasteiger partial charge < -0.3 is 10.3 Å². The number of hydrogen-bond acceptors (Lipinski definition) is 3. The van der Waals surface area contributed by atoms with Crippen molar-refractivity contribution in [2.75, 3.05) is 13.6 Å². The highest BCUT2D eigenvalue weighted by molar-refractivity contribution is 5.77. The maximum absolute atomic E-state index is 13.0. The molecule has 0 spiro atoms. The van der Waals surface area contributed by atoms with Gasteiger partial charge in [0.15, 0.2) is 0 Å². The first-order valence-corrected chi connectivity index (χ1v) is 5.04. The van der Waals surface area contributed by atoms with E-state index in [0.29, 0.717) is 29.7 Å². The lowest BCUT2D eigenvalue weighted by Gasteiger charge is -2.02. The summed E-state index contributed by atoms with van der Waals surface area (Å²) in [5, 5.41) is 3.37. The maximum Gasteiger partial charge on any atom is 0.258 e. The Morgan fingerprint density at radius 2 is 2.31 bits per heavy atom. The van der Waals surface area contributed by atoms with E-state index in [1.807, 2.05) is 7.05 Å². The fourth-order valence-corrected chi connectivity index (χ4v) is 1.52. The number of nitrogens with zero attached hydrogens (tertiary/aromatic N) is 1. The zero-order valence-corrected chi connectivity index (χ0v) is 8.88. The summed E-state index contributed by atoms with van der Waals surface area (Å²) in [6, 6.07) is 3.97. The highest BCUT2D eigenvalue weighted by Crippen LogP contribution is 2.09. The highest BCUT2D eigenvalue weighted by Gasteiger charge is 2.04. The lowest BCUT2D eigenvalue weighted by molar-refractivity contribution is 0.629. The maximum atomic E-state index is 13.0. The number of likely N-dealkylation sites (N-methyl/N-ethyl adjacent to an activating group) is 1. The molecule has 0 aliphatic rings. The monoisotopic (exact) mass is 221 g/mol. The Hall–Kier alpha value is -1.75. The van der Waals surface area contributed by atoms with Gasteiger partial charge in [0, 0.05) is 19.0 Å². The molecule has 1 heterocycles. The van der Waals surface area contributed by atoms with E-state index in [1.165, 1.54) is 18.2 Å². The summed E-state index contributed by atoms with van der Waals surface area (Å²) in [4.78, 5) is 18.5. The van der Waals surface area contributed by atoms with Crippen LogP contribution >= 0.6 is 0 Å². The van der Waals surface area contributed by atoms with Crippen LogP contribution in [0.5, 0.6) is 0 Å². The molecule has 0 saturated carbocycles. The Bertz CT molecular complexity index is 565. The van der Waals surface area contributed by atoms with E-state index in [1.54, 1.807) is 0 Å². The van der Waals surface area contributed by atoms with Crippen molar-refractivity contribution in [1.29, 1.82) is 0 Å². The molecule has 84 valence electrons. The van der Waals surface area contributed by atoms with Crippen molar-refractivity contribution >= 4 is 10.9 Å². The summed E-state index contributed by atoms with van der Waals surface area (Å²) in [7, 11) is 1.82. The van der Waals surface area contributed by atoms with Crippen molar-refractivity contribution in [3.05, 3.63) is 40.2 Å². The van der Waals surface area contributed by atoms with Crippen LogP contribution in [0.1, 0.15) is 5.82 Å². The van der Waals surface area contributed by atoms with Gasteiger partial charge in [0.1, 0.15) is 11.6 Å². The first kappa shape index (κ1) is 10.8. The molecule has 4 nitrogen and oxygen atoms in total. The molecule has 0 radical (unpaired) electrons. The van der Waals surface area contributed by atoms with E-state index in [4.69, 9.17) is 0 Å². The molecular formula is C11H12FN3O. The third-order valence-corrected chi connectivity index (χ3v) is 2.33. The van der Waals surface area contributed by atoms with Crippen molar-refractivity contribution in [2.24, 2.45) is 0 Å². The number of H-pyrrole nitrogens is 1. The molecule has 1 aromatic carbocycles. The van der Waals surface area contributed by atoms with Gasteiger partial charge in [-0.15, -0.1) is 0 Å². The Balaban J connectivity index is 2.52.